The van der Waals surface area contributed by atoms with Crippen LogP contribution in [-0.2, 0) is 13.1 Å². The van der Waals surface area contributed by atoms with E-state index in [1.807, 2.05) is 0 Å². The molecule has 2 bridgehead atoms. The standard InChI is InChI=1S/C16H25N3/c1-11-17-8-16(9-18-15-4-5-15)19(11)10-14-7-12-2-3-13(14)6-12/h8,12-15,18H,2-7,9-10H2,1H3. The number of aromatic nitrogens is 2. The lowest BCUT2D eigenvalue weighted by Gasteiger charge is -2.23. The van der Waals surface area contributed by atoms with E-state index in [1.54, 1.807) is 0 Å². The minimum Gasteiger partial charge on any atom is -0.331 e. The average Bonchev–Trinajstić information content (AvgIpc) is 2.85. The topological polar surface area (TPSA) is 29.9 Å². The monoisotopic (exact) mass is 259 g/mol. The lowest BCUT2D eigenvalue weighted by molar-refractivity contribution is 0.290. The average molecular weight is 259 g/mol. The van der Waals surface area contributed by atoms with Crippen molar-refractivity contribution in [2.75, 3.05) is 0 Å². The molecule has 3 heteroatoms. The molecule has 0 spiro atoms. The van der Waals surface area contributed by atoms with Gasteiger partial charge in [-0.15, -0.1) is 0 Å². The number of nitrogens with one attached hydrogen (secondary N) is 1. The Bertz CT molecular complexity index is 461. The SMILES string of the molecule is Cc1ncc(CNC2CC2)n1CC1CC2CCC1C2. The Kier molecular flexibility index (Phi) is 2.91. The van der Waals surface area contributed by atoms with Crippen LogP contribution in [0.4, 0.5) is 0 Å². The van der Waals surface area contributed by atoms with Gasteiger partial charge in [-0.25, -0.2) is 4.98 Å². The Morgan fingerprint density at radius 1 is 1.26 bits per heavy atom. The highest BCUT2D eigenvalue weighted by Crippen LogP contribution is 2.48. The van der Waals surface area contributed by atoms with Gasteiger partial charge in [-0.2, -0.15) is 0 Å². The molecule has 1 aromatic rings. The Hall–Kier alpha value is -0.830. The Morgan fingerprint density at radius 3 is 2.84 bits per heavy atom. The number of nitrogens with zero attached hydrogens (tertiary/aromatic N) is 2. The molecule has 1 N–H and O–H groups in total. The van der Waals surface area contributed by atoms with Gasteiger partial charge >= 0.3 is 0 Å². The van der Waals surface area contributed by atoms with E-state index in [9.17, 15) is 0 Å². The van der Waals surface area contributed by atoms with Crippen LogP contribution in [0.25, 0.3) is 0 Å². The second-order valence-corrected chi connectivity index (χ2v) is 7.00. The van der Waals surface area contributed by atoms with Crippen LogP contribution in [0.1, 0.15) is 50.0 Å². The highest BCUT2D eigenvalue weighted by Gasteiger charge is 2.39. The predicted molar refractivity (Wildman–Crippen MR) is 75.8 cm³/mol. The summed E-state index contributed by atoms with van der Waals surface area (Å²) in [4.78, 5) is 4.54. The quantitative estimate of drug-likeness (QED) is 0.881. The van der Waals surface area contributed by atoms with Gasteiger partial charge in [0.15, 0.2) is 0 Å². The molecule has 1 aromatic heterocycles. The van der Waals surface area contributed by atoms with Gasteiger partial charge < -0.3 is 9.88 Å². The van der Waals surface area contributed by atoms with Gasteiger partial charge in [0.05, 0.1) is 5.69 Å². The zero-order valence-electron chi connectivity index (χ0n) is 11.9. The van der Waals surface area contributed by atoms with Crippen molar-refractivity contribution < 1.29 is 0 Å². The summed E-state index contributed by atoms with van der Waals surface area (Å²) >= 11 is 0. The molecule has 104 valence electrons. The number of rotatable bonds is 5. The molecular formula is C16H25N3. The third-order valence-electron chi connectivity index (χ3n) is 5.59. The molecule has 3 unspecified atom stereocenters. The summed E-state index contributed by atoms with van der Waals surface area (Å²) < 4.78 is 2.49. The Morgan fingerprint density at radius 2 is 2.16 bits per heavy atom. The second kappa shape index (κ2) is 4.62. The van der Waals surface area contributed by atoms with E-state index >= 15 is 0 Å². The highest BCUT2D eigenvalue weighted by molar-refractivity contribution is 5.06. The van der Waals surface area contributed by atoms with E-state index in [1.165, 1.54) is 56.6 Å². The van der Waals surface area contributed by atoms with Gasteiger partial charge in [-0.05, 0) is 56.8 Å². The summed E-state index contributed by atoms with van der Waals surface area (Å²) in [7, 11) is 0. The summed E-state index contributed by atoms with van der Waals surface area (Å²) in [6.45, 7) is 4.38. The predicted octanol–water partition coefficient (Wildman–Crippen LogP) is 2.88. The van der Waals surface area contributed by atoms with E-state index in [4.69, 9.17) is 0 Å². The van der Waals surface area contributed by atoms with Crippen LogP contribution in [0.3, 0.4) is 0 Å². The molecular weight excluding hydrogens is 234 g/mol. The highest BCUT2D eigenvalue weighted by atomic mass is 15.1. The molecule has 3 aliphatic carbocycles. The van der Waals surface area contributed by atoms with E-state index in [-0.39, 0.29) is 0 Å². The first-order valence-corrected chi connectivity index (χ1v) is 8.04. The number of aryl methyl sites for hydroxylation is 1. The van der Waals surface area contributed by atoms with E-state index in [2.05, 4.69) is 28.0 Å². The lowest BCUT2D eigenvalue weighted by atomic mass is 9.89. The van der Waals surface area contributed by atoms with Gasteiger partial charge in [0.25, 0.3) is 0 Å². The fourth-order valence-corrected chi connectivity index (χ4v) is 4.28. The van der Waals surface area contributed by atoms with Crippen molar-refractivity contribution in [2.24, 2.45) is 17.8 Å². The molecule has 3 aliphatic rings. The van der Waals surface area contributed by atoms with Crippen LogP contribution in [0.15, 0.2) is 6.20 Å². The molecule has 0 aliphatic heterocycles. The first-order chi connectivity index (χ1) is 9.29. The zero-order valence-corrected chi connectivity index (χ0v) is 11.9. The van der Waals surface area contributed by atoms with Crippen molar-refractivity contribution in [3.8, 4) is 0 Å². The maximum Gasteiger partial charge on any atom is 0.105 e. The second-order valence-electron chi connectivity index (χ2n) is 7.00. The molecule has 3 atom stereocenters. The number of hydrogen-bond acceptors (Lipinski definition) is 2. The van der Waals surface area contributed by atoms with Gasteiger partial charge in [-0.1, -0.05) is 6.42 Å². The zero-order chi connectivity index (χ0) is 12.8. The molecule has 19 heavy (non-hydrogen) atoms. The molecule has 0 amide bonds. The minimum atomic E-state index is 0.783. The normalized spacial score (nSPS) is 33.2. The number of fused-ring (bicyclic) bond motifs is 2. The summed E-state index contributed by atoms with van der Waals surface area (Å²) in [5.74, 6) is 4.18. The molecule has 0 saturated heterocycles. The van der Waals surface area contributed by atoms with Crippen LogP contribution >= 0.6 is 0 Å². The van der Waals surface area contributed by atoms with Crippen molar-refractivity contribution in [3.05, 3.63) is 17.7 Å². The third-order valence-corrected chi connectivity index (χ3v) is 5.59. The minimum absolute atomic E-state index is 0.783. The van der Waals surface area contributed by atoms with Crippen molar-refractivity contribution in [1.29, 1.82) is 0 Å². The summed E-state index contributed by atoms with van der Waals surface area (Å²) in [5, 5.41) is 3.62. The molecule has 3 saturated carbocycles. The van der Waals surface area contributed by atoms with Crippen LogP contribution < -0.4 is 5.32 Å². The summed E-state index contributed by atoms with van der Waals surface area (Å²) in [6.07, 6.45) is 10.8. The molecule has 4 rings (SSSR count). The fraction of sp³-hybridized carbons (Fsp3) is 0.812. The van der Waals surface area contributed by atoms with Crippen LogP contribution in [0, 0.1) is 24.7 Å². The fourth-order valence-electron chi connectivity index (χ4n) is 4.28. The number of hydrogen-bond donors (Lipinski definition) is 1. The van der Waals surface area contributed by atoms with Crippen LogP contribution in [0.2, 0.25) is 0 Å². The molecule has 1 heterocycles. The van der Waals surface area contributed by atoms with Crippen molar-refractivity contribution in [1.82, 2.24) is 14.9 Å². The van der Waals surface area contributed by atoms with Crippen molar-refractivity contribution >= 4 is 0 Å². The molecule has 0 aromatic carbocycles. The van der Waals surface area contributed by atoms with Gasteiger partial charge in [-0.3, -0.25) is 0 Å². The first kappa shape index (κ1) is 12.0. The Balaban J connectivity index is 1.45. The smallest absolute Gasteiger partial charge is 0.105 e. The first-order valence-electron chi connectivity index (χ1n) is 8.04. The van der Waals surface area contributed by atoms with Gasteiger partial charge in [0, 0.05) is 25.3 Å². The van der Waals surface area contributed by atoms with Gasteiger partial charge in [0.1, 0.15) is 5.82 Å². The van der Waals surface area contributed by atoms with Crippen LogP contribution in [-0.4, -0.2) is 15.6 Å². The summed E-state index contributed by atoms with van der Waals surface area (Å²) in [5.41, 5.74) is 1.40. The summed E-state index contributed by atoms with van der Waals surface area (Å²) in [6, 6.07) is 0.783. The molecule has 3 fully saturated rings. The maximum atomic E-state index is 4.54. The molecule has 0 radical (unpaired) electrons. The number of imidazole rings is 1. The van der Waals surface area contributed by atoms with Crippen molar-refractivity contribution in [2.45, 2.75) is 64.6 Å². The van der Waals surface area contributed by atoms with Crippen LogP contribution in [0.5, 0.6) is 0 Å². The van der Waals surface area contributed by atoms with Gasteiger partial charge in [0.2, 0.25) is 0 Å². The third kappa shape index (κ3) is 2.33. The lowest BCUT2D eigenvalue weighted by Crippen LogP contribution is -2.22. The largest absolute Gasteiger partial charge is 0.331 e. The maximum absolute atomic E-state index is 4.54. The Labute approximate surface area is 115 Å². The van der Waals surface area contributed by atoms with E-state index in [0.29, 0.717) is 0 Å². The van der Waals surface area contributed by atoms with Crippen molar-refractivity contribution in [3.63, 3.8) is 0 Å². The van der Waals surface area contributed by atoms with E-state index < -0.39 is 0 Å². The molecule has 3 nitrogen and oxygen atoms in total. The van der Waals surface area contributed by atoms with E-state index in [0.717, 1.165) is 30.3 Å².